The molecule has 1 aromatic carbocycles. The van der Waals surface area contributed by atoms with Crippen LogP contribution in [0.3, 0.4) is 0 Å². The molecule has 0 saturated heterocycles. The summed E-state index contributed by atoms with van der Waals surface area (Å²) in [7, 11) is 0. The van der Waals surface area contributed by atoms with Crippen molar-refractivity contribution in [1.82, 2.24) is 14.8 Å². The van der Waals surface area contributed by atoms with E-state index in [0.29, 0.717) is 17.1 Å². The highest BCUT2D eigenvalue weighted by molar-refractivity contribution is 7.71. The average molecular weight is 360 g/mol. The molecule has 0 amide bonds. The maximum atomic E-state index is 5.66. The van der Waals surface area contributed by atoms with Crippen molar-refractivity contribution in [2.75, 3.05) is 6.54 Å². The maximum Gasteiger partial charge on any atom is 0.291 e. The number of fused-ring (bicyclic) bond motifs is 1. The molecule has 3 aromatic rings. The summed E-state index contributed by atoms with van der Waals surface area (Å²) in [4.78, 5) is 6.36. The Morgan fingerprint density at radius 1 is 1.33 bits per heavy atom. The van der Waals surface area contributed by atoms with E-state index in [4.69, 9.17) is 16.6 Å². The topological polar surface area (TPSA) is 48.3 Å². The van der Waals surface area contributed by atoms with Crippen molar-refractivity contribution < 1.29 is 9.32 Å². The van der Waals surface area contributed by atoms with Gasteiger partial charge in [-0.1, -0.05) is 24.3 Å². The van der Waals surface area contributed by atoms with Crippen LogP contribution in [0.5, 0.6) is 0 Å². The molecule has 124 valence electrons. The molecule has 4 rings (SSSR count). The van der Waals surface area contributed by atoms with Crippen LogP contribution in [0.15, 0.2) is 34.1 Å². The molecular formula is C17H19N4OS2+. The van der Waals surface area contributed by atoms with Gasteiger partial charge in [0.05, 0.1) is 23.7 Å². The number of nitrogens with zero attached hydrogens (tertiary/aromatic N) is 3. The van der Waals surface area contributed by atoms with Crippen LogP contribution in [0.2, 0.25) is 0 Å². The summed E-state index contributed by atoms with van der Waals surface area (Å²) < 4.78 is 7.47. The van der Waals surface area contributed by atoms with Gasteiger partial charge in [0.15, 0.2) is 6.67 Å². The second-order valence-electron chi connectivity index (χ2n) is 6.15. The van der Waals surface area contributed by atoms with Crippen LogP contribution in [0.4, 0.5) is 0 Å². The molecule has 1 atom stereocenters. The number of aryl methyl sites for hydroxylation is 1. The van der Waals surface area contributed by atoms with Gasteiger partial charge in [-0.25, -0.2) is 4.98 Å². The second kappa shape index (κ2) is 6.58. The third kappa shape index (κ3) is 3.33. The first-order valence-corrected chi connectivity index (χ1v) is 9.34. The van der Waals surface area contributed by atoms with Crippen molar-refractivity contribution in [2.24, 2.45) is 0 Å². The minimum Gasteiger partial charge on any atom is -0.413 e. The van der Waals surface area contributed by atoms with E-state index >= 15 is 0 Å². The minimum absolute atomic E-state index is 0.448. The molecular weight excluding hydrogens is 340 g/mol. The number of thiazole rings is 1. The maximum absolute atomic E-state index is 5.66. The van der Waals surface area contributed by atoms with Crippen LogP contribution in [-0.4, -0.2) is 21.3 Å². The summed E-state index contributed by atoms with van der Waals surface area (Å²) in [6.45, 7) is 4.84. The Hall–Kier alpha value is -1.83. The van der Waals surface area contributed by atoms with Gasteiger partial charge in [-0.05, 0) is 24.7 Å². The molecule has 0 radical (unpaired) electrons. The normalized spacial score (nSPS) is 17.0. The van der Waals surface area contributed by atoms with Gasteiger partial charge in [0.25, 0.3) is 4.84 Å². The van der Waals surface area contributed by atoms with E-state index in [9.17, 15) is 0 Å². The molecule has 0 aliphatic carbocycles. The SMILES string of the molecule is Cc1nc(Cc2nn(C[NH+]3CCc4ccccc4C3)c(=S)o2)cs1. The van der Waals surface area contributed by atoms with E-state index in [0.717, 1.165) is 36.9 Å². The van der Waals surface area contributed by atoms with E-state index in [-0.39, 0.29) is 0 Å². The predicted molar refractivity (Wildman–Crippen MR) is 94.7 cm³/mol. The second-order valence-corrected chi connectivity index (χ2v) is 7.56. The average Bonchev–Trinajstić information content (AvgIpc) is 3.13. The number of hydrogen-bond acceptors (Lipinski definition) is 5. The summed E-state index contributed by atoms with van der Waals surface area (Å²) in [6, 6.07) is 8.66. The molecule has 0 spiro atoms. The standard InChI is InChI=1S/C17H18N4OS2/c1-12-18-15(10-24-12)8-16-19-21(17(23)22-16)11-20-7-6-13-4-2-3-5-14(13)9-20/h2-5,10H,6-9,11H2,1H3/p+1. The van der Waals surface area contributed by atoms with Crippen LogP contribution in [0.25, 0.3) is 0 Å². The highest BCUT2D eigenvalue weighted by atomic mass is 32.1. The Kier molecular flexibility index (Phi) is 4.30. The summed E-state index contributed by atoms with van der Waals surface area (Å²) in [6.07, 6.45) is 1.70. The molecule has 1 aliphatic heterocycles. The zero-order valence-electron chi connectivity index (χ0n) is 13.5. The molecule has 0 bridgehead atoms. The van der Waals surface area contributed by atoms with Gasteiger partial charge in [-0.3, -0.25) is 0 Å². The quantitative estimate of drug-likeness (QED) is 0.725. The van der Waals surface area contributed by atoms with E-state index in [1.165, 1.54) is 16.0 Å². The Bertz CT molecular complexity index is 911. The van der Waals surface area contributed by atoms with Crippen LogP contribution in [0.1, 0.15) is 27.7 Å². The summed E-state index contributed by atoms with van der Waals surface area (Å²) in [5.74, 6) is 0.641. The molecule has 1 N–H and O–H groups in total. The first-order chi connectivity index (χ1) is 11.7. The van der Waals surface area contributed by atoms with Crippen LogP contribution < -0.4 is 4.90 Å². The molecule has 7 heteroatoms. The molecule has 2 aromatic heterocycles. The fraction of sp³-hybridized carbons (Fsp3) is 0.353. The Labute approximate surface area is 149 Å². The van der Waals surface area contributed by atoms with Gasteiger partial charge in [-0.15, -0.1) is 16.4 Å². The van der Waals surface area contributed by atoms with Crippen molar-refractivity contribution >= 4 is 23.6 Å². The predicted octanol–water partition coefficient (Wildman–Crippen LogP) is 2.16. The largest absolute Gasteiger partial charge is 0.413 e. The number of rotatable bonds is 4. The molecule has 0 fully saturated rings. The third-order valence-electron chi connectivity index (χ3n) is 4.33. The van der Waals surface area contributed by atoms with Crippen LogP contribution in [-0.2, 0) is 26.1 Å². The van der Waals surface area contributed by atoms with Crippen molar-refractivity contribution in [3.63, 3.8) is 0 Å². The number of hydrogen-bond donors (Lipinski definition) is 1. The lowest BCUT2D eigenvalue weighted by Gasteiger charge is -2.25. The minimum atomic E-state index is 0.448. The lowest BCUT2D eigenvalue weighted by atomic mass is 10.0. The Morgan fingerprint density at radius 3 is 2.96 bits per heavy atom. The van der Waals surface area contributed by atoms with Gasteiger partial charge in [0, 0.05) is 17.4 Å². The lowest BCUT2D eigenvalue weighted by molar-refractivity contribution is -0.939. The Morgan fingerprint density at radius 2 is 2.17 bits per heavy atom. The van der Waals surface area contributed by atoms with Crippen molar-refractivity contribution in [3.05, 3.63) is 62.2 Å². The third-order valence-corrected chi connectivity index (χ3v) is 5.44. The highest BCUT2D eigenvalue weighted by Crippen LogP contribution is 2.13. The molecule has 5 nitrogen and oxygen atoms in total. The summed E-state index contributed by atoms with van der Waals surface area (Å²) >= 11 is 6.98. The van der Waals surface area contributed by atoms with Crippen LogP contribution >= 0.6 is 23.6 Å². The van der Waals surface area contributed by atoms with Crippen molar-refractivity contribution in [2.45, 2.75) is 33.0 Å². The monoisotopic (exact) mass is 359 g/mol. The molecule has 0 saturated carbocycles. The molecule has 1 unspecified atom stereocenters. The Balaban J connectivity index is 1.47. The van der Waals surface area contributed by atoms with Crippen molar-refractivity contribution in [1.29, 1.82) is 0 Å². The number of benzene rings is 1. The number of quaternary nitrogens is 1. The highest BCUT2D eigenvalue weighted by Gasteiger charge is 2.20. The smallest absolute Gasteiger partial charge is 0.291 e. The van der Waals surface area contributed by atoms with Crippen molar-refractivity contribution in [3.8, 4) is 0 Å². The van der Waals surface area contributed by atoms with Crippen LogP contribution in [0, 0.1) is 11.8 Å². The fourth-order valence-electron chi connectivity index (χ4n) is 3.15. The summed E-state index contributed by atoms with van der Waals surface area (Å²) in [5.41, 5.74) is 3.87. The van der Waals surface area contributed by atoms with Gasteiger partial charge >= 0.3 is 0 Å². The molecule has 24 heavy (non-hydrogen) atoms. The first-order valence-electron chi connectivity index (χ1n) is 8.05. The van der Waals surface area contributed by atoms with Gasteiger partial charge in [-0.2, -0.15) is 4.68 Å². The van der Waals surface area contributed by atoms with Gasteiger partial charge < -0.3 is 9.32 Å². The van der Waals surface area contributed by atoms with Gasteiger partial charge in [0.2, 0.25) is 5.89 Å². The van der Waals surface area contributed by atoms with Gasteiger partial charge in [0.1, 0.15) is 6.54 Å². The fourth-order valence-corrected chi connectivity index (χ4v) is 3.97. The van der Waals surface area contributed by atoms with E-state index in [1.54, 1.807) is 11.3 Å². The number of aromatic nitrogens is 3. The lowest BCUT2D eigenvalue weighted by Crippen LogP contribution is -3.11. The zero-order valence-corrected chi connectivity index (χ0v) is 15.1. The molecule has 3 heterocycles. The zero-order chi connectivity index (χ0) is 16.5. The first kappa shape index (κ1) is 15.7. The van der Waals surface area contributed by atoms with E-state index < -0.39 is 0 Å². The number of nitrogens with one attached hydrogen (secondary N) is 1. The van der Waals surface area contributed by atoms with E-state index in [1.807, 2.05) is 17.0 Å². The molecule has 1 aliphatic rings. The summed E-state index contributed by atoms with van der Waals surface area (Å²) in [5, 5.41) is 7.65. The van der Waals surface area contributed by atoms with E-state index in [2.05, 4.69) is 34.3 Å².